The molecule has 6 heteroatoms. The zero-order valence-electron chi connectivity index (χ0n) is 9.80. The number of benzene rings is 1. The van der Waals surface area contributed by atoms with Crippen LogP contribution in [0.5, 0.6) is 0 Å². The van der Waals surface area contributed by atoms with Gasteiger partial charge in [-0.1, -0.05) is 24.3 Å². The van der Waals surface area contributed by atoms with Crippen molar-refractivity contribution in [2.24, 2.45) is 11.8 Å². The van der Waals surface area contributed by atoms with E-state index in [0.717, 1.165) is 5.56 Å². The van der Waals surface area contributed by atoms with Crippen molar-refractivity contribution >= 4 is 23.6 Å². The fourth-order valence-corrected chi connectivity index (χ4v) is 2.63. The molecule has 0 radical (unpaired) electrons. The van der Waals surface area contributed by atoms with Crippen molar-refractivity contribution in [1.29, 1.82) is 0 Å². The predicted molar refractivity (Wildman–Crippen MR) is 63.1 cm³/mol. The van der Waals surface area contributed by atoms with Crippen molar-refractivity contribution in [1.82, 2.24) is 10.6 Å². The Balaban J connectivity index is 1.93. The van der Waals surface area contributed by atoms with E-state index in [1.54, 1.807) is 24.3 Å². The molecule has 6 nitrogen and oxygen atoms in total. The lowest BCUT2D eigenvalue weighted by Crippen LogP contribution is -2.58. The van der Waals surface area contributed by atoms with Gasteiger partial charge in [0.05, 0.1) is 0 Å². The molecule has 1 aromatic carbocycles. The van der Waals surface area contributed by atoms with E-state index >= 15 is 0 Å². The minimum atomic E-state index is -1.14. The van der Waals surface area contributed by atoms with E-state index in [1.807, 2.05) is 10.6 Å². The first-order valence-corrected chi connectivity index (χ1v) is 5.86. The highest BCUT2D eigenvalue weighted by Gasteiger charge is 2.46. The summed E-state index contributed by atoms with van der Waals surface area (Å²) >= 11 is 0. The molecule has 0 bridgehead atoms. The van der Waals surface area contributed by atoms with Crippen LogP contribution in [0.1, 0.15) is 15.9 Å². The molecule has 0 aromatic heterocycles. The summed E-state index contributed by atoms with van der Waals surface area (Å²) in [6.07, 6.45) is 0.342. The fourth-order valence-electron chi connectivity index (χ4n) is 2.63. The van der Waals surface area contributed by atoms with Crippen LogP contribution in [-0.4, -0.2) is 23.6 Å². The first kappa shape index (κ1) is 11.6. The number of barbiturate groups is 1. The van der Waals surface area contributed by atoms with Crippen molar-refractivity contribution in [3.63, 3.8) is 0 Å². The van der Waals surface area contributed by atoms with Crippen LogP contribution < -0.4 is 10.6 Å². The molecule has 96 valence electrons. The van der Waals surface area contributed by atoms with E-state index in [-0.39, 0.29) is 5.78 Å². The number of ketones is 1. The Morgan fingerprint density at radius 3 is 2.21 bits per heavy atom. The Morgan fingerprint density at radius 1 is 0.947 bits per heavy atom. The molecular formula is C13H10N2O4. The Hall–Kier alpha value is -2.50. The third-order valence-electron chi connectivity index (χ3n) is 3.50. The molecule has 19 heavy (non-hydrogen) atoms. The molecule has 1 unspecified atom stereocenters. The number of carbonyl (C=O) groups is 4. The zero-order valence-corrected chi connectivity index (χ0v) is 9.80. The van der Waals surface area contributed by atoms with E-state index < -0.39 is 29.7 Å². The van der Waals surface area contributed by atoms with E-state index in [2.05, 4.69) is 0 Å². The Bertz CT molecular complexity index is 603. The largest absolute Gasteiger partial charge is 0.328 e. The molecule has 2 N–H and O–H groups in total. The third kappa shape index (κ3) is 1.72. The minimum absolute atomic E-state index is 0.222. The molecule has 1 fully saturated rings. The lowest BCUT2D eigenvalue weighted by Gasteiger charge is -2.24. The van der Waals surface area contributed by atoms with Gasteiger partial charge < -0.3 is 0 Å². The van der Waals surface area contributed by atoms with Crippen LogP contribution in [-0.2, 0) is 16.0 Å². The summed E-state index contributed by atoms with van der Waals surface area (Å²) < 4.78 is 0. The van der Waals surface area contributed by atoms with Crippen LogP contribution >= 0.6 is 0 Å². The maximum Gasteiger partial charge on any atom is 0.328 e. The average molecular weight is 258 g/mol. The summed E-state index contributed by atoms with van der Waals surface area (Å²) in [7, 11) is 0. The number of carbonyl (C=O) groups excluding carboxylic acids is 4. The summed E-state index contributed by atoms with van der Waals surface area (Å²) in [4.78, 5) is 46.7. The smallest absolute Gasteiger partial charge is 0.294 e. The second-order valence-corrected chi connectivity index (χ2v) is 4.62. The molecule has 1 atom stereocenters. The lowest BCUT2D eigenvalue weighted by molar-refractivity contribution is -0.137. The molecule has 1 saturated heterocycles. The Labute approximate surface area is 108 Å². The molecule has 1 aliphatic heterocycles. The number of nitrogens with one attached hydrogen (secondary N) is 2. The summed E-state index contributed by atoms with van der Waals surface area (Å²) in [5.74, 6) is -3.51. The number of Topliss-reactive ketones (excluding diaryl/α,β-unsaturated/α-hetero) is 1. The monoisotopic (exact) mass is 258 g/mol. The highest BCUT2D eigenvalue weighted by atomic mass is 16.2. The fraction of sp³-hybridized carbons (Fsp3) is 0.231. The van der Waals surface area contributed by atoms with Crippen LogP contribution in [0.4, 0.5) is 4.79 Å². The molecule has 1 aromatic rings. The van der Waals surface area contributed by atoms with E-state index in [1.165, 1.54) is 0 Å². The first-order chi connectivity index (χ1) is 9.08. The van der Waals surface area contributed by atoms with Crippen molar-refractivity contribution in [3.8, 4) is 0 Å². The number of fused-ring (bicyclic) bond motifs is 1. The molecule has 0 saturated carbocycles. The summed E-state index contributed by atoms with van der Waals surface area (Å²) in [5.41, 5.74) is 1.38. The number of rotatable bonds is 1. The van der Waals surface area contributed by atoms with Crippen molar-refractivity contribution in [2.75, 3.05) is 0 Å². The van der Waals surface area contributed by atoms with Gasteiger partial charge in [0, 0.05) is 11.5 Å². The topological polar surface area (TPSA) is 92.3 Å². The predicted octanol–water partition coefficient (Wildman–Crippen LogP) is 0.0238. The normalized spacial score (nSPS) is 23.1. The maximum atomic E-state index is 12.2. The summed E-state index contributed by atoms with van der Waals surface area (Å²) in [6, 6.07) is 6.19. The Morgan fingerprint density at radius 2 is 1.58 bits per heavy atom. The SMILES string of the molecule is O=C1NC(=O)C(C2Cc3ccccc3C2=O)C(=O)N1. The molecule has 4 amide bonds. The van der Waals surface area contributed by atoms with Gasteiger partial charge in [-0.15, -0.1) is 0 Å². The molecule has 0 spiro atoms. The standard InChI is InChI=1S/C13H10N2O4/c16-10-7-4-2-1-3-6(7)5-8(10)9-11(17)14-13(19)15-12(9)18/h1-4,8-9H,5H2,(H2,14,15,17,18,19). The average Bonchev–Trinajstić information content (AvgIpc) is 2.66. The molecule has 2 aliphatic rings. The second kappa shape index (κ2) is 4.01. The van der Waals surface area contributed by atoms with Gasteiger partial charge in [-0.3, -0.25) is 25.0 Å². The summed E-state index contributed by atoms with van der Waals surface area (Å²) in [5, 5.41) is 4.04. The first-order valence-electron chi connectivity index (χ1n) is 5.86. The van der Waals surface area contributed by atoms with Gasteiger partial charge in [0.1, 0.15) is 5.92 Å². The zero-order chi connectivity index (χ0) is 13.6. The van der Waals surface area contributed by atoms with Gasteiger partial charge in [0.2, 0.25) is 11.8 Å². The number of hydrogen-bond donors (Lipinski definition) is 2. The van der Waals surface area contributed by atoms with Crippen LogP contribution in [0, 0.1) is 11.8 Å². The van der Waals surface area contributed by atoms with Crippen LogP contribution in [0.25, 0.3) is 0 Å². The second-order valence-electron chi connectivity index (χ2n) is 4.62. The van der Waals surface area contributed by atoms with E-state index in [4.69, 9.17) is 0 Å². The minimum Gasteiger partial charge on any atom is -0.294 e. The number of hydrogen-bond acceptors (Lipinski definition) is 4. The van der Waals surface area contributed by atoms with E-state index in [0.29, 0.717) is 12.0 Å². The highest BCUT2D eigenvalue weighted by Crippen LogP contribution is 2.32. The molecule has 1 aliphatic carbocycles. The Kier molecular flexibility index (Phi) is 2.45. The molecular weight excluding hydrogens is 248 g/mol. The van der Waals surface area contributed by atoms with E-state index in [9.17, 15) is 19.2 Å². The van der Waals surface area contributed by atoms with Gasteiger partial charge in [-0.25, -0.2) is 4.79 Å². The van der Waals surface area contributed by atoms with Crippen LogP contribution in [0.15, 0.2) is 24.3 Å². The summed E-state index contributed by atoms with van der Waals surface area (Å²) in [6.45, 7) is 0. The van der Waals surface area contributed by atoms with Gasteiger partial charge in [-0.05, 0) is 12.0 Å². The highest BCUT2D eigenvalue weighted by molar-refractivity contribution is 6.19. The van der Waals surface area contributed by atoms with Crippen molar-refractivity contribution < 1.29 is 19.2 Å². The molecule has 3 rings (SSSR count). The van der Waals surface area contributed by atoms with Gasteiger partial charge >= 0.3 is 6.03 Å². The van der Waals surface area contributed by atoms with Gasteiger partial charge in [-0.2, -0.15) is 0 Å². The van der Waals surface area contributed by atoms with Crippen LogP contribution in [0.3, 0.4) is 0 Å². The van der Waals surface area contributed by atoms with Crippen molar-refractivity contribution in [2.45, 2.75) is 6.42 Å². The third-order valence-corrected chi connectivity index (χ3v) is 3.50. The van der Waals surface area contributed by atoms with Crippen molar-refractivity contribution in [3.05, 3.63) is 35.4 Å². The maximum absolute atomic E-state index is 12.2. The van der Waals surface area contributed by atoms with Gasteiger partial charge in [0.15, 0.2) is 5.78 Å². The molecule has 1 heterocycles. The number of amides is 4. The number of imide groups is 2. The van der Waals surface area contributed by atoms with Gasteiger partial charge in [0.25, 0.3) is 0 Å². The lowest BCUT2D eigenvalue weighted by atomic mass is 9.86. The quantitative estimate of drug-likeness (QED) is 0.695. The number of urea groups is 1. The van der Waals surface area contributed by atoms with Crippen LogP contribution in [0.2, 0.25) is 0 Å².